The molecule has 3 amide bonds. The van der Waals surface area contributed by atoms with Gasteiger partial charge in [0.2, 0.25) is 5.91 Å². The summed E-state index contributed by atoms with van der Waals surface area (Å²) in [4.78, 5) is 38.2. The van der Waals surface area contributed by atoms with E-state index >= 15 is 0 Å². The van der Waals surface area contributed by atoms with Gasteiger partial charge in [-0.15, -0.1) is 0 Å². The molecular formula is C22H20F2N2O5S. The minimum absolute atomic E-state index is 0.0473. The van der Waals surface area contributed by atoms with Crippen LogP contribution < -0.4 is 14.8 Å². The fourth-order valence-electron chi connectivity index (χ4n) is 2.92. The number of methoxy groups -OCH3 is 1. The molecule has 0 aliphatic carbocycles. The number of aryl methyl sites for hydroxylation is 2. The monoisotopic (exact) mass is 462 g/mol. The molecule has 0 radical (unpaired) electrons. The van der Waals surface area contributed by atoms with E-state index in [0.29, 0.717) is 23.0 Å². The van der Waals surface area contributed by atoms with Crippen LogP contribution in [0.1, 0.15) is 16.7 Å². The van der Waals surface area contributed by atoms with Crippen LogP contribution in [0.15, 0.2) is 41.3 Å². The maximum absolute atomic E-state index is 12.7. The first-order valence-corrected chi connectivity index (χ1v) is 10.2. The van der Waals surface area contributed by atoms with Crippen molar-refractivity contribution in [2.24, 2.45) is 0 Å². The van der Waals surface area contributed by atoms with E-state index in [1.165, 1.54) is 31.4 Å². The number of anilines is 1. The van der Waals surface area contributed by atoms with Crippen molar-refractivity contribution in [1.82, 2.24) is 4.90 Å². The second-order valence-electron chi connectivity index (χ2n) is 6.90. The summed E-state index contributed by atoms with van der Waals surface area (Å²) in [5.74, 6) is -1.24. The number of thioether (sulfide) groups is 1. The van der Waals surface area contributed by atoms with Gasteiger partial charge in [0, 0.05) is 5.69 Å². The van der Waals surface area contributed by atoms with E-state index in [-0.39, 0.29) is 16.4 Å². The highest BCUT2D eigenvalue weighted by molar-refractivity contribution is 8.18. The van der Waals surface area contributed by atoms with Gasteiger partial charge in [0.25, 0.3) is 11.1 Å². The minimum Gasteiger partial charge on any atom is -0.493 e. The molecule has 0 spiro atoms. The van der Waals surface area contributed by atoms with Crippen LogP contribution in [0, 0.1) is 13.8 Å². The van der Waals surface area contributed by atoms with E-state index in [0.717, 1.165) is 16.0 Å². The molecule has 0 unspecified atom stereocenters. The number of benzene rings is 2. The maximum atomic E-state index is 12.7. The Kier molecular flexibility index (Phi) is 7.14. The van der Waals surface area contributed by atoms with Crippen LogP contribution in [-0.2, 0) is 9.59 Å². The smallest absolute Gasteiger partial charge is 0.387 e. The number of imide groups is 1. The summed E-state index contributed by atoms with van der Waals surface area (Å²) in [6.45, 7) is 0.413. The van der Waals surface area contributed by atoms with Crippen molar-refractivity contribution in [3.8, 4) is 11.5 Å². The number of carbonyl (C=O) groups is 3. The van der Waals surface area contributed by atoms with E-state index in [4.69, 9.17) is 4.74 Å². The normalized spacial score (nSPS) is 14.9. The van der Waals surface area contributed by atoms with Crippen LogP contribution in [-0.4, -0.2) is 42.2 Å². The van der Waals surface area contributed by atoms with Gasteiger partial charge >= 0.3 is 6.61 Å². The van der Waals surface area contributed by atoms with Crippen molar-refractivity contribution < 1.29 is 32.6 Å². The second kappa shape index (κ2) is 9.82. The van der Waals surface area contributed by atoms with Gasteiger partial charge in [0.05, 0.1) is 12.0 Å². The summed E-state index contributed by atoms with van der Waals surface area (Å²) in [5.41, 5.74) is 3.08. The van der Waals surface area contributed by atoms with Crippen molar-refractivity contribution in [3.05, 3.63) is 58.0 Å². The van der Waals surface area contributed by atoms with Gasteiger partial charge in [0.15, 0.2) is 11.5 Å². The summed E-state index contributed by atoms with van der Waals surface area (Å²) in [5, 5.41) is 2.09. The van der Waals surface area contributed by atoms with E-state index in [2.05, 4.69) is 10.1 Å². The van der Waals surface area contributed by atoms with E-state index in [9.17, 15) is 23.2 Å². The second-order valence-corrected chi connectivity index (χ2v) is 7.90. The number of ether oxygens (including phenoxy) is 2. The molecule has 3 rings (SSSR count). The quantitative estimate of drug-likeness (QED) is 0.606. The third-order valence-corrected chi connectivity index (χ3v) is 5.57. The van der Waals surface area contributed by atoms with E-state index in [1.807, 2.05) is 19.9 Å². The summed E-state index contributed by atoms with van der Waals surface area (Å²) >= 11 is 0.684. The third-order valence-electron chi connectivity index (χ3n) is 4.67. The Morgan fingerprint density at radius 1 is 1.12 bits per heavy atom. The number of hydrogen-bond donors (Lipinski definition) is 1. The molecule has 1 aliphatic rings. The Bertz CT molecular complexity index is 1100. The SMILES string of the molecule is COc1cc(/C=C2\SC(=O)N(CC(=O)Nc3ccc(C)c(C)c3)C2=O)ccc1OC(F)F. The Labute approximate surface area is 187 Å². The van der Waals surface area contributed by atoms with Gasteiger partial charge < -0.3 is 14.8 Å². The summed E-state index contributed by atoms with van der Waals surface area (Å²) in [7, 11) is 1.29. The van der Waals surface area contributed by atoms with Gasteiger partial charge in [-0.1, -0.05) is 12.1 Å². The summed E-state index contributed by atoms with van der Waals surface area (Å²) < 4.78 is 34.3. The first kappa shape index (κ1) is 23.3. The molecule has 1 N–H and O–H groups in total. The van der Waals surface area contributed by atoms with Crippen molar-refractivity contribution in [2.75, 3.05) is 19.0 Å². The molecule has 1 fully saturated rings. The maximum Gasteiger partial charge on any atom is 0.387 e. The lowest BCUT2D eigenvalue weighted by Gasteiger charge is -2.13. The number of alkyl halides is 2. The Balaban J connectivity index is 1.71. The van der Waals surface area contributed by atoms with E-state index < -0.39 is 30.2 Å². The Morgan fingerprint density at radius 3 is 2.53 bits per heavy atom. The van der Waals surface area contributed by atoms with Gasteiger partial charge in [-0.3, -0.25) is 19.3 Å². The number of nitrogens with one attached hydrogen (secondary N) is 1. The highest BCUT2D eigenvalue weighted by Gasteiger charge is 2.36. The van der Waals surface area contributed by atoms with Crippen LogP contribution in [0.2, 0.25) is 0 Å². The molecule has 1 aliphatic heterocycles. The van der Waals surface area contributed by atoms with Crippen molar-refractivity contribution >= 4 is 40.6 Å². The zero-order valence-electron chi connectivity index (χ0n) is 17.5. The van der Waals surface area contributed by atoms with Crippen molar-refractivity contribution in [3.63, 3.8) is 0 Å². The van der Waals surface area contributed by atoms with Gasteiger partial charge in [0.1, 0.15) is 6.54 Å². The van der Waals surface area contributed by atoms with Crippen LogP contribution in [0.3, 0.4) is 0 Å². The molecule has 32 heavy (non-hydrogen) atoms. The molecule has 0 bridgehead atoms. The van der Waals surface area contributed by atoms with Gasteiger partial charge in [-0.2, -0.15) is 8.78 Å². The number of carbonyl (C=O) groups excluding carboxylic acids is 3. The Hall–Kier alpha value is -3.40. The molecule has 2 aromatic carbocycles. The number of hydrogen-bond acceptors (Lipinski definition) is 6. The summed E-state index contributed by atoms with van der Waals surface area (Å²) in [6, 6.07) is 9.52. The van der Waals surface area contributed by atoms with Gasteiger partial charge in [-0.25, -0.2) is 0 Å². The lowest BCUT2D eigenvalue weighted by atomic mass is 10.1. The summed E-state index contributed by atoms with van der Waals surface area (Å²) in [6.07, 6.45) is 1.42. The molecule has 10 heteroatoms. The first-order valence-electron chi connectivity index (χ1n) is 9.43. The standard InChI is InChI=1S/C22H20F2N2O5S/c1-12-4-6-15(8-13(12)2)25-19(27)11-26-20(28)18(32-22(26)29)10-14-5-7-16(31-21(23)24)17(9-14)30-3/h4-10,21H,11H2,1-3H3,(H,25,27)/b18-10-. The first-order chi connectivity index (χ1) is 15.2. The lowest BCUT2D eigenvalue weighted by molar-refractivity contribution is -0.127. The van der Waals surface area contributed by atoms with E-state index in [1.54, 1.807) is 12.1 Å². The molecular weight excluding hydrogens is 442 g/mol. The number of amides is 3. The predicted molar refractivity (Wildman–Crippen MR) is 117 cm³/mol. The highest BCUT2D eigenvalue weighted by atomic mass is 32.2. The topological polar surface area (TPSA) is 84.9 Å². The molecule has 168 valence electrons. The highest BCUT2D eigenvalue weighted by Crippen LogP contribution is 2.35. The fourth-order valence-corrected chi connectivity index (χ4v) is 3.76. The van der Waals surface area contributed by atoms with Crippen LogP contribution in [0.5, 0.6) is 11.5 Å². The zero-order valence-corrected chi connectivity index (χ0v) is 18.3. The molecule has 1 heterocycles. The number of nitrogens with zero attached hydrogens (tertiary/aromatic N) is 1. The molecule has 7 nitrogen and oxygen atoms in total. The average Bonchev–Trinajstić information content (AvgIpc) is 2.98. The van der Waals surface area contributed by atoms with Gasteiger partial charge in [-0.05, 0) is 72.6 Å². The van der Waals surface area contributed by atoms with Crippen LogP contribution in [0.25, 0.3) is 6.08 Å². The molecule has 0 aromatic heterocycles. The number of halogens is 2. The lowest BCUT2D eigenvalue weighted by Crippen LogP contribution is -2.36. The fraction of sp³-hybridized carbons (Fsp3) is 0.227. The molecule has 1 saturated heterocycles. The average molecular weight is 462 g/mol. The largest absolute Gasteiger partial charge is 0.493 e. The Morgan fingerprint density at radius 2 is 1.88 bits per heavy atom. The number of rotatable bonds is 7. The van der Waals surface area contributed by atoms with Crippen LogP contribution in [0.4, 0.5) is 19.3 Å². The predicted octanol–water partition coefficient (Wildman–Crippen LogP) is 4.59. The van der Waals surface area contributed by atoms with Crippen molar-refractivity contribution in [2.45, 2.75) is 20.5 Å². The molecule has 2 aromatic rings. The van der Waals surface area contributed by atoms with Crippen molar-refractivity contribution in [1.29, 1.82) is 0 Å². The minimum atomic E-state index is -3.01. The zero-order chi connectivity index (χ0) is 23.4. The molecule has 0 saturated carbocycles. The third kappa shape index (κ3) is 5.44. The van der Waals surface area contributed by atoms with Crippen LogP contribution >= 0.6 is 11.8 Å². The molecule has 0 atom stereocenters.